The van der Waals surface area contributed by atoms with E-state index in [9.17, 15) is 4.79 Å². The third kappa shape index (κ3) is 10.3. The molecule has 6 nitrogen and oxygen atoms in total. The van der Waals surface area contributed by atoms with Crippen molar-refractivity contribution in [2.45, 2.75) is 26.3 Å². The fourth-order valence-corrected chi connectivity index (χ4v) is 2.00. The van der Waals surface area contributed by atoms with Gasteiger partial charge < -0.3 is 20.3 Å². The van der Waals surface area contributed by atoms with Crippen LogP contribution >= 0.6 is 24.0 Å². The van der Waals surface area contributed by atoms with Gasteiger partial charge in [0.25, 0.3) is 0 Å². The minimum atomic E-state index is -0.0298. The van der Waals surface area contributed by atoms with Gasteiger partial charge in [0.05, 0.1) is 6.04 Å². The van der Waals surface area contributed by atoms with E-state index in [1.807, 2.05) is 25.1 Å². The summed E-state index contributed by atoms with van der Waals surface area (Å²) in [7, 11) is 3.46. The molecule has 0 saturated carbocycles. The van der Waals surface area contributed by atoms with Gasteiger partial charge in [0.2, 0.25) is 5.91 Å². The molecule has 7 heteroatoms. The summed E-state index contributed by atoms with van der Waals surface area (Å²) in [5.41, 5.74) is 1.17. The number of carbonyl (C=O) groups is 1. The van der Waals surface area contributed by atoms with Gasteiger partial charge in [0.15, 0.2) is 5.96 Å². The van der Waals surface area contributed by atoms with E-state index in [4.69, 9.17) is 4.74 Å². The lowest BCUT2D eigenvalue weighted by Crippen LogP contribution is -2.40. The molecule has 0 heterocycles. The topological polar surface area (TPSA) is 66.0 Å². The summed E-state index contributed by atoms with van der Waals surface area (Å²) >= 11 is 0. The molecule has 142 valence electrons. The van der Waals surface area contributed by atoms with Crippen molar-refractivity contribution in [1.82, 2.24) is 15.5 Å². The lowest BCUT2D eigenvalue weighted by Gasteiger charge is -2.19. The van der Waals surface area contributed by atoms with Crippen LogP contribution in [0.1, 0.15) is 31.9 Å². The van der Waals surface area contributed by atoms with Crippen LogP contribution in [0, 0.1) is 0 Å². The molecule has 1 rings (SSSR count). The van der Waals surface area contributed by atoms with Crippen molar-refractivity contribution in [1.29, 1.82) is 0 Å². The Bertz CT molecular complexity index is 509. The quantitative estimate of drug-likeness (QED) is 0.256. The molecule has 0 aliphatic heterocycles. The van der Waals surface area contributed by atoms with Crippen LogP contribution < -0.4 is 10.6 Å². The average Bonchev–Trinajstić information content (AvgIpc) is 2.59. The van der Waals surface area contributed by atoms with Crippen LogP contribution in [0.3, 0.4) is 0 Å². The van der Waals surface area contributed by atoms with E-state index >= 15 is 0 Å². The Morgan fingerprint density at radius 1 is 1.28 bits per heavy atom. The molecule has 0 fully saturated rings. The van der Waals surface area contributed by atoms with Crippen molar-refractivity contribution >= 4 is 35.8 Å². The van der Waals surface area contributed by atoms with Crippen LogP contribution in [0.4, 0.5) is 0 Å². The fourth-order valence-electron chi connectivity index (χ4n) is 2.00. The summed E-state index contributed by atoms with van der Waals surface area (Å²) in [5.74, 6) is 0.607. The molecular weight excluding hydrogens is 431 g/mol. The number of rotatable bonds is 9. The van der Waals surface area contributed by atoms with E-state index in [0.29, 0.717) is 12.6 Å². The monoisotopic (exact) mass is 462 g/mol. The van der Waals surface area contributed by atoms with Gasteiger partial charge in [-0.25, -0.2) is 4.99 Å². The fraction of sp³-hybridized carbons (Fsp3) is 0.556. The average molecular weight is 462 g/mol. The molecule has 25 heavy (non-hydrogen) atoms. The summed E-state index contributed by atoms with van der Waals surface area (Å²) in [5, 5.41) is 6.61. The standard InChI is InChI=1S/C18H30N4O2.HI/c1-5-24-13-9-12-19-18(20-14-17(23)22(3)4)21-15(2)16-10-7-6-8-11-16;/h6-8,10-11,15H,5,9,12-14H2,1-4H3,(H2,19,20,21);1H. The van der Waals surface area contributed by atoms with Crippen molar-refractivity contribution in [3.05, 3.63) is 35.9 Å². The Hall–Kier alpha value is -1.35. The Morgan fingerprint density at radius 2 is 1.96 bits per heavy atom. The highest BCUT2D eigenvalue weighted by Gasteiger charge is 2.09. The highest BCUT2D eigenvalue weighted by molar-refractivity contribution is 14.0. The molecule has 0 aliphatic carbocycles. The molecule has 0 aliphatic rings. The van der Waals surface area contributed by atoms with Crippen molar-refractivity contribution in [2.75, 3.05) is 40.4 Å². The van der Waals surface area contributed by atoms with Gasteiger partial charge in [0, 0.05) is 33.9 Å². The van der Waals surface area contributed by atoms with Gasteiger partial charge in [0.1, 0.15) is 6.54 Å². The highest BCUT2D eigenvalue weighted by Crippen LogP contribution is 2.10. The smallest absolute Gasteiger partial charge is 0.243 e. The third-order valence-corrected chi connectivity index (χ3v) is 3.49. The predicted molar refractivity (Wildman–Crippen MR) is 114 cm³/mol. The Kier molecular flexibility index (Phi) is 13.1. The summed E-state index contributed by atoms with van der Waals surface area (Å²) in [4.78, 5) is 17.7. The van der Waals surface area contributed by atoms with Crippen LogP contribution in [-0.4, -0.2) is 57.2 Å². The largest absolute Gasteiger partial charge is 0.382 e. The number of aliphatic imine (C=N–C) groups is 1. The van der Waals surface area contributed by atoms with Crippen molar-refractivity contribution in [3.63, 3.8) is 0 Å². The minimum absolute atomic E-state index is 0. The van der Waals surface area contributed by atoms with E-state index in [1.54, 1.807) is 14.1 Å². The highest BCUT2D eigenvalue weighted by atomic mass is 127. The van der Waals surface area contributed by atoms with E-state index in [-0.39, 0.29) is 42.5 Å². The van der Waals surface area contributed by atoms with E-state index in [0.717, 1.165) is 19.6 Å². The molecule has 2 N–H and O–H groups in total. The lowest BCUT2D eigenvalue weighted by molar-refractivity contribution is -0.127. The molecule has 0 aromatic heterocycles. The second-order valence-electron chi connectivity index (χ2n) is 5.71. The number of nitrogens with zero attached hydrogens (tertiary/aromatic N) is 2. The molecule has 0 radical (unpaired) electrons. The van der Waals surface area contributed by atoms with Gasteiger partial charge in [-0.05, 0) is 25.8 Å². The van der Waals surface area contributed by atoms with Crippen LogP contribution in [0.2, 0.25) is 0 Å². The molecule has 0 saturated heterocycles. The zero-order valence-electron chi connectivity index (χ0n) is 15.6. The zero-order chi connectivity index (χ0) is 17.8. The first kappa shape index (κ1) is 23.6. The number of ether oxygens (including phenoxy) is 1. The number of carbonyl (C=O) groups excluding carboxylic acids is 1. The van der Waals surface area contributed by atoms with E-state index in [1.165, 1.54) is 10.5 Å². The lowest BCUT2D eigenvalue weighted by atomic mass is 10.1. The summed E-state index contributed by atoms with van der Waals surface area (Å²) in [6.45, 7) is 6.35. The number of guanidine groups is 1. The molecule has 1 unspecified atom stereocenters. The molecule has 1 atom stereocenters. The summed E-state index contributed by atoms with van der Waals surface area (Å²) in [6.07, 6.45) is 0.885. The number of likely N-dealkylation sites (N-methyl/N-ethyl adjacent to an activating group) is 1. The summed E-state index contributed by atoms with van der Waals surface area (Å²) < 4.78 is 5.33. The number of hydrogen-bond acceptors (Lipinski definition) is 3. The van der Waals surface area contributed by atoms with Gasteiger partial charge in [-0.3, -0.25) is 4.79 Å². The van der Waals surface area contributed by atoms with Gasteiger partial charge in [-0.1, -0.05) is 30.3 Å². The van der Waals surface area contributed by atoms with Crippen molar-refractivity contribution in [2.24, 2.45) is 4.99 Å². The number of nitrogens with one attached hydrogen (secondary N) is 2. The molecule has 1 aromatic carbocycles. The van der Waals surface area contributed by atoms with Crippen LogP contribution in [0.25, 0.3) is 0 Å². The van der Waals surface area contributed by atoms with Crippen LogP contribution in [-0.2, 0) is 9.53 Å². The van der Waals surface area contributed by atoms with Gasteiger partial charge >= 0.3 is 0 Å². The maximum atomic E-state index is 11.8. The number of hydrogen-bond donors (Lipinski definition) is 2. The first-order valence-electron chi connectivity index (χ1n) is 8.42. The summed E-state index contributed by atoms with van der Waals surface area (Å²) in [6, 6.07) is 10.2. The maximum absolute atomic E-state index is 11.8. The van der Waals surface area contributed by atoms with Crippen molar-refractivity contribution < 1.29 is 9.53 Å². The molecule has 1 aromatic rings. The van der Waals surface area contributed by atoms with E-state index < -0.39 is 0 Å². The molecule has 1 amide bonds. The Morgan fingerprint density at radius 3 is 2.56 bits per heavy atom. The molecule has 0 spiro atoms. The Balaban J connectivity index is 0.00000576. The third-order valence-electron chi connectivity index (χ3n) is 3.49. The van der Waals surface area contributed by atoms with Crippen LogP contribution in [0.5, 0.6) is 0 Å². The van der Waals surface area contributed by atoms with Gasteiger partial charge in [-0.15, -0.1) is 24.0 Å². The van der Waals surface area contributed by atoms with Crippen LogP contribution in [0.15, 0.2) is 35.3 Å². The van der Waals surface area contributed by atoms with E-state index in [2.05, 4.69) is 34.7 Å². The minimum Gasteiger partial charge on any atom is -0.382 e. The second-order valence-corrected chi connectivity index (χ2v) is 5.71. The second kappa shape index (κ2) is 13.9. The number of benzene rings is 1. The normalized spacial score (nSPS) is 12.1. The molecular formula is C18H31IN4O2. The molecule has 0 bridgehead atoms. The SMILES string of the molecule is CCOCCCNC(=NCC(=O)N(C)C)NC(C)c1ccccc1.I. The number of halogens is 1. The van der Waals surface area contributed by atoms with Crippen molar-refractivity contribution in [3.8, 4) is 0 Å². The first-order chi connectivity index (χ1) is 11.5. The zero-order valence-corrected chi connectivity index (χ0v) is 17.9. The first-order valence-corrected chi connectivity index (χ1v) is 8.42. The maximum Gasteiger partial charge on any atom is 0.243 e. The van der Waals surface area contributed by atoms with Gasteiger partial charge in [-0.2, -0.15) is 0 Å². The Labute approximate surface area is 168 Å². The predicted octanol–water partition coefficient (Wildman–Crippen LogP) is 2.42. The number of amides is 1.